The van der Waals surface area contributed by atoms with Crippen LogP contribution in [0.1, 0.15) is 35.5 Å². The Hall–Kier alpha value is -3.19. The molecular weight excluding hydrogens is 354 g/mol. The number of carbonyl (C=O) groups excluding carboxylic acids is 1. The number of benzene rings is 1. The van der Waals surface area contributed by atoms with Crippen molar-refractivity contribution < 1.29 is 9.53 Å². The van der Waals surface area contributed by atoms with E-state index < -0.39 is 0 Å². The fourth-order valence-corrected chi connectivity index (χ4v) is 3.76. The summed E-state index contributed by atoms with van der Waals surface area (Å²) in [6.45, 7) is 3.11. The highest BCUT2D eigenvalue weighted by atomic mass is 16.5. The summed E-state index contributed by atoms with van der Waals surface area (Å²) in [4.78, 5) is 25.9. The summed E-state index contributed by atoms with van der Waals surface area (Å²) in [5.74, 6) is 0.570. The van der Waals surface area contributed by atoms with Crippen molar-refractivity contribution in [2.24, 2.45) is 0 Å². The molecule has 0 fully saturated rings. The number of ether oxygens (including phenoxy) is 1. The number of nitrogens with zero attached hydrogens (tertiary/aromatic N) is 3. The van der Waals surface area contributed by atoms with Gasteiger partial charge >= 0.3 is 0 Å². The normalized spacial score (nSPS) is 16.4. The average Bonchev–Trinajstić information content (AvgIpc) is 3.17. The third-order valence-electron chi connectivity index (χ3n) is 4.99. The fourth-order valence-electron chi connectivity index (χ4n) is 3.76. The van der Waals surface area contributed by atoms with E-state index in [1.165, 1.54) is 12.6 Å². The molecule has 0 saturated carbocycles. The van der Waals surface area contributed by atoms with Gasteiger partial charge < -0.3 is 15.0 Å². The molecule has 7 heteroatoms. The van der Waals surface area contributed by atoms with Crippen LogP contribution in [0, 0.1) is 0 Å². The van der Waals surface area contributed by atoms with Gasteiger partial charge in [-0.2, -0.15) is 0 Å². The average molecular weight is 377 g/mol. The number of anilines is 1. The van der Waals surface area contributed by atoms with Crippen molar-refractivity contribution in [2.45, 2.75) is 25.9 Å². The van der Waals surface area contributed by atoms with Gasteiger partial charge in [-0.05, 0) is 23.8 Å². The van der Waals surface area contributed by atoms with Gasteiger partial charge in [0.15, 0.2) is 0 Å². The fraction of sp³-hybridized carbons (Fsp3) is 0.286. The minimum Gasteiger partial charge on any atom is -0.481 e. The lowest BCUT2D eigenvalue weighted by atomic mass is 9.95. The monoisotopic (exact) mass is 377 g/mol. The molecule has 1 atom stereocenters. The number of H-pyrrole nitrogens is 1. The van der Waals surface area contributed by atoms with Gasteiger partial charge in [-0.15, -0.1) is 0 Å². The number of fused-ring (bicyclic) bond motifs is 1. The predicted octanol–water partition coefficient (Wildman–Crippen LogP) is 2.92. The van der Waals surface area contributed by atoms with Crippen molar-refractivity contribution in [2.75, 3.05) is 19.0 Å². The standard InChI is InChI=1S/C21H23N5O2/c1-14(27)25-17-7-5-15(6-8-17)20-19-18(23-13-24-19)9-11-26(20)12-16-4-3-10-22-21(16)28-2/h3-8,10,13,20H,9,11-12H2,1-2H3,(H,23,24)(H,25,27)/t20-/m0/s1. The number of aromatic amines is 1. The molecule has 0 saturated heterocycles. The van der Waals surface area contributed by atoms with E-state index in [-0.39, 0.29) is 11.9 Å². The van der Waals surface area contributed by atoms with Crippen molar-refractivity contribution >= 4 is 11.6 Å². The molecule has 1 amide bonds. The second-order valence-corrected chi connectivity index (χ2v) is 6.86. The first-order valence-electron chi connectivity index (χ1n) is 9.27. The highest BCUT2D eigenvalue weighted by Crippen LogP contribution is 2.35. The van der Waals surface area contributed by atoms with E-state index in [0.717, 1.165) is 35.5 Å². The van der Waals surface area contributed by atoms with Gasteiger partial charge in [0.1, 0.15) is 0 Å². The molecular formula is C21H23N5O2. The Morgan fingerprint density at radius 2 is 2.11 bits per heavy atom. The molecule has 3 heterocycles. The smallest absolute Gasteiger partial charge is 0.221 e. The Morgan fingerprint density at radius 3 is 2.86 bits per heavy atom. The zero-order valence-corrected chi connectivity index (χ0v) is 16.0. The lowest BCUT2D eigenvalue weighted by molar-refractivity contribution is -0.114. The van der Waals surface area contributed by atoms with E-state index in [0.29, 0.717) is 12.4 Å². The SMILES string of the molecule is COc1ncccc1CN1CCc2[nH]cnc2[C@@H]1c1ccc(NC(C)=O)cc1. The van der Waals surface area contributed by atoms with E-state index in [1.807, 2.05) is 36.4 Å². The number of aromatic nitrogens is 3. The molecule has 1 aliphatic heterocycles. The molecule has 0 unspecified atom stereocenters. The first-order chi connectivity index (χ1) is 13.7. The van der Waals surface area contributed by atoms with Gasteiger partial charge in [-0.1, -0.05) is 18.2 Å². The van der Waals surface area contributed by atoms with Gasteiger partial charge in [-0.3, -0.25) is 9.69 Å². The van der Waals surface area contributed by atoms with Crippen molar-refractivity contribution in [3.8, 4) is 5.88 Å². The van der Waals surface area contributed by atoms with Crippen LogP contribution in [0.5, 0.6) is 5.88 Å². The number of hydrogen-bond donors (Lipinski definition) is 2. The number of carbonyl (C=O) groups is 1. The molecule has 0 spiro atoms. The largest absolute Gasteiger partial charge is 0.481 e. The number of imidazole rings is 1. The van der Waals surface area contributed by atoms with Crippen LogP contribution in [-0.2, 0) is 17.8 Å². The van der Waals surface area contributed by atoms with E-state index in [9.17, 15) is 4.79 Å². The third-order valence-corrected chi connectivity index (χ3v) is 4.99. The van der Waals surface area contributed by atoms with Gasteiger partial charge in [-0.25, -0.2) is 9.97 Å². The van der Waals surface area contributed by atoms with Crippen LogP contribution >= 0.6 is 0 Å². The molecule has 1 aromatic carbocycles. The summed E-state index contributed by atoms with van der Waals surface area (Å²) in [5, 5.41) is 2.82. The number of nitrogens with one attached hydrogen (secondary N) is 2. The van der Waals surface area contributed by atoms with Crippen LogP contribution < -0.4 is 10.1 Å². The summed E-state index contributed by atoms with van der Waals surface area (Å²) < 4.78 is 5.44. The Kier molecular flexibility index (Phi) is 5.08. The van der Waals surface area contributed by atoms with E-state index in [4.69, 9.17) is 4.74 Å². The van der Waals surface area contributed by atoms with Gasteiger partial charge in [0.25, 0.3) is 0 Å². The molecule has 3 aromatic rings. The van der Waals surface area contributed by atoms with E-state index in [1.54, 1.807) is 19.6 Å². The minimum atomic E-state index is -0.0784. The quantitative estimate of drug-likeness (QED) is 0.714. The maximum Gasteiger partial charge on any atom is 0.221 e. The van der Waals surface area contributed by atoms with Gasteiger partial charge in [0.2, 0.25) is 11.8 Å². The number of hydrogen-bond acceptors (Lipinski definition) is 5. The molecule has 1 aliphatic rings. The second kappa shape index (κ2) is 7.82. The molecule has 28 heavy (non-hydrogen) atoms. The summed E-state index contributed by atoms with van der Waals surface area (Å²) in [6, 6.07) is 12.0. The Morgan fingerprint density at radius 1 is 1.29 bits per heavy atom. The van der Waals surface area contributed by atoms with Crippen LogP contribution in [0.15, 0.2) is 48.9 Å². The molecule has 0 bridgehead atoms. The molecule has 2 N–H and O–H groups in total. The van der Waals surface area contributed by atoms with Crippen molar-refractivity contribution in [1.82, 2.24) is 19.9 Å². The minimum absolute atomic E-state index is 0.0197. The van der Waals surface area contributed by atoms with Crippen molar-refractivity contribution in [3.63, 3.8) is 0 Å². The van der Waals surface area contributed by atoms with Crippen LogP contribution in [-0.4, -0.2) is 39.4 Å². The summed E-state index contributed by atoms with van der Waals surface area (Å²) >= 11 is 0. The zero-order chi connectivity index (χ0) is 19.5. The summed E-state index contributed by atoms with van der Waals surface area (Å²) in [5.41, 5.74) is 5.18. The van der Waals surface area contributed by atoms with E-state index in [2.05, 4.69) is 25.2 Å². The van der Waals surface area contributed by atoms with Gasteiger partial charge in [0.05, 0.1) is 25.2 Å². The molecule has 0 aliphatic carbocycles. The third kappa shape index (κ3) is 3.61. The summed E-state index contributed by atoms with van der Waals surface area (Å²) in [6.07, 6.45) is 4.42. The summed E-state index contributed by atoms with van der Waals surface area (Å²) in [7, 11) is 1.64. The van der Waals surface area contributed by atoms with Crippen LogP contribution in [0.4, 0.5) is 5.69 Å². The lowest BCUT2D eigenvalue weighted by Gasteiger charge is -2.35. The molecule has 4 rings (SSSR count). The highest BCUT2D eigenvalue weighted by molar-refractivity contribution is 5.88. The topological polar surface area (TPSA) is 83.1 Å². The number of rotatable bonds is 5. The Balaban J connectivity index is 1.67. The highest BCUT2D eigenvalue weighted by Gasteiger charge is 2.31. The second-order valence-electron chi connectivity index (χ2n) is 6.86. The lowest BCUT2D eigenvalue weighted by Crippen LogP contribution is -2.36. The first kappa shape index (κ1) is 18.2. The van der Waals surface area contributed by atoms with Crippen molar-refractivity contribution in [1.29, 1.82) is 0 Å². The van der Waals surface area contributed by atoms with Crippen LogP contribution in [0.2, 0.25) is 0 Å². The molecule has 7 nitrogen and oxygen atoms in total. The molecule has 0 radical (unpaired) electrons. The number of methoxy groups -OCH3 is 1. The Bertz CT molecular complexity index is 967. The maximum absolute atomic E-state index is 11.3. The van der Waals surface area contributed by atoms with Crippen LogP contribution in [0.25, 0.3) is 0 Å². The molecule has 144 valence electrons. The predicted molar refractivity (Wildman–Crippen MR) is 106 cm³/mol. The van der Waals surface area contributed by atoms with E-state index >= 15 is 0 Å². The van der Waals surface area contributed by atoms with Crippen LogP contribution in [0.3, 0.4) is 0 Å². The number of pyridine rings is 1. The maximum atomic E-state index is 11.3. The molecule has 2 aromatic heterocycles. The zero-order valence-electron chi connectivity index (χ0n) is 16.0. The van der Waals surface area contributed by atoms with Crippen molar-refractivity contribution in [3.05, 3.63) is 71.4 Å². The Labute approximate surface area is 163 Å². The van der Waals surface area contributed by atoms with Gasteiger partial charge in [0, 0.05) is 49.6 Å². The first-order valence-corrected chi connectivity index (χ1v) is 9.27. The number of amides is 1.